The number of rotatable bonds is 6. The van der Waals surface area contributed by atoms with Crippen LogP contribution in [0.4, 0.5) is 0 Å². The van der Waals surface area contributed by atoms with Crippen molar-refractivity contribution in [1.29, 1.82) is 0 Å². The average molecular weight is 226 g/mol. The quantitative estimate of drug-likeness (QED) is 0.749. The Balaban J connectivity index is 2.37. The smallest absolute Gasteiger partial charge is 0.0217 e. The standard InChI is InChI=1S/C14H30N2/c1-6-8-15-13(12(2)3)10-16-9-7-14(4,5)11-16/h12-13,15H,6-11H2,1-5H3. The van der Waals surface area contributed by atoms with Crippen molar-refractivity contribution in [3.63, 3.8) is 0 Å². The van der Waals surface area contributed by atoms with E-state index in [1.54, 1.807) is 0 Å². The molecule has 1 aliphatic rings. The highest BCUT2D eigenvalue weighted by molar-refractivity contribution is 4.85. The van der Waals surface area contributed by atoms with E-state index in [0.29, 0.717) is 11.5 Å². The van der Waals surface area contributed by atoms with Crippen molar-refractivity contribution in [2.75, 3.05) is 26.2 Å². The molecule has 0 saturated carbocycles. The Morgan fingerprint density at radius 2 is 2.00 bits per heavy atom. The molecule has 0 spiro atoms. The van der Waals surface area contributed by atoms with Crippen LogP contribution in [-0.2, 0) is 0 Å². The Morgan fingerprint density at radius 3 is 2.44 bits per heavy atom. The van der Waals surface area contributed by atoms with Crippen LogP contribution in [-0.4, -0.2) is 37.1 Å². The first-order valence-corrected chi connectivity index (χ1v) is 6.90. The summed E-state index contributed by atoms with van der Waals surface area (Å²) in [6.07, 6.45) is 2.58. The van der Waals surface area contributed by atoms with E-state index < -0.39 is 0 Å². The summed E-state index contributed by atoms with van der Waals surface area (Å²) in [4.78, 5) is 2.63. The number of nitrogens with zero attached hydrogens (tertiary/aromatic N) is 1. The molecule has 0 bridgehead atoms. The molecule has 2 heteroatoms. The first-order valence-electron chi connectivity index (χ1n) is 6.90. The van der Waals surface area contributed by atoms with E-state index in [-0.39, 0.29) is 0 Å². The van der Waals surface area contributed by atoms with Crippen molar-refractivity contribution in [2.24, 2.45) is 11.3 Å². The van der Waals surface area contributed by atoms with Crippen LogP contribution >= 0.6 is 0 Å². The number of hydrogen-bond donors (Lipinski definition) is 1. The predicted octanol–water partition coefficient (Wildman–Crippen LogP) is 2.74. The average Bonchev–Trinajstić information content (AvgIpc) is 2.52. The van der Waals surface area contributed by atoms with Gasteiger partial charge < -0.3 is 10.2 Å². The number of likely N-dealkylation sites (tertiary alicyclic amines) is 1. The van der Waals surface area contributed by atoms with Gasteiger partial charge in [-0.05, 0) is 37.3 Å². The van der Waals surface area contributed by atoms with Crippen molar-refractivity contribution in [1.82, 2.24) is 10.2 Å². The predicted molar refractivity (Wildman–Crippen MR) is 71.8 cm³/mol. The lowest BCUT2D eigenvalue weighted by Gasteiger charge is -2.28. The fourth-order valence-electron chi connectivity index (χ4n) is 2.50. The van der Waals surface area contributed by atoms with Gasteiger partial charge in [-0.1, -0.05) is 34.6 Å². The van der Waals surface area contributed by atoms with Crippen molar-refractivity contribution in [3.05, 3.63) is 0 Å². The Hall–Kier alpha value is -0.0800. The van der Waals surface area contributed by atoms with Crippen molar-refractivity contribution in [2.45, 2.75) is 53.5 Å². The third kappa shape index (κ3) is 4.42. The molecule has 1 saturated heterocycles. The molecule has 1 aliphatic heterocycles. The molecule has 1 fully saturated rings. The van der Waals surface area contributed by atoms with Crippen LogP contribution in [0.15, 0.2) is 0 Å². The molecule has 0 aromatic rings. The molecular formula is C14H30N2. The van der Waals surface area contributed by atoms with E-state index in [0.717, 1.165) is 12.5 Å². The molecule has 1 rings (SSSR count). The SMILES string of the molecule is CCCNC(CN1CCC(C)(C)C1)C(C)C. The van der Waals surface area contributed by atoms with Gasteiger partial charge in [0.2, 0.25) is 0 Å². The molecule has 96 valence electrons. The van der Waals surface area contributed by atoms with Crippen molar-refractivity contribution < 1.29 is 0 Å². The van der Waals surface area contributed by atoms with E-state index in [2.05, 4.69) is 44.8 Å². The molecule has 2 nitrogen and oxygen atoms in total. The highest BCUT2D eigenvalue weighted by Crippen LogP contribution is 2.28. The summed E-state index contributed by atoms with van der Waals surface area (Å²) in [5.41, 5.74) is 0.534. The first kappa shape index (κ1) is 14.0. The van der Waals surface area contributed by atoms with E-state index in [1.807, 2.05) is 0 Å². The Morgan fingerprint density at radius 1 is 1.31 bits per heavy atom. The van der Waals surface area contributed by atoms with Gasteiger partial charge in [0.05, 0.1) is 0 Å². The second-order valence-corrected chi connectivity index (χ2v) is 6.45. The highest BCUT2D eigenvalue weighted by Gasteiger charge is 2.30. The summed E-state index contributed by atoms with van der Waals surface area (Å²) in [7, 11) is 0. The number of hydrogen-bond acceptors (Lipinski definition) is 2. The van der Waals surface area contributed by atoms with Crippen molar-refractivity contribution >= 4 is 0 Å². The summed E-state index contributed by atoms with van der Waals surface area (Å²) in [6, 6.07) is 0.661. The van der Waals surface area contributed by atoms with E-state index in [1.165, 1.54) is 32.5 Å². The van der Waals surface area contributed by atoms with Gasteiger partial charge in [-0.2, -0.15) is 0 Å². The third-order valence-corrected chi connectivity index (χ3v) is 3.67. The fraction of sp³-hybridized carbons (Fsp3) is 1.00. The van der Waals surface area contributed by atoms with Gasteiger partial charge in [0.15, 0.2) is 0 Å². The second kappa shape index (κ2) is 6.02. The maximum Gasteiger partial charge on any atom is 0.0217 e. The lowest BCUT2D eigenvalue weighted by molar-refractivity contribution is 0.234. The molecule has 1 N–H and O–H groups in total. The van der Waals surface area contributed by atoms with Gasteiger partial charge in [0, 0.05) is 19.1 Å². The summed E-state index contributed by atoms with van der Waals surface area (Å²) >= 11 is 0. The van der Waals surface area contributed by atoms with Gasteiger partial charge in [0.1, 0.15) is 0 Å². The Kier molecular flexibility index (Phi) is 5.26. The van der Waals surface area contributed by atoms with E-state index >= 15 is 0 Å². The van der Waals surface area contributed by atoms with Gasteiger partial charge in [-0.3, -0.25) is 0 Å². The normalized spacial score (nSPS) is 22.9. The fourth-order valence-corrected chi connectivity index (χ4v) is 2.50. The summed E-state index contributed by atoms with van der Waals surface area (Å²) < 4.78 is 0. The third-order valence-electron chi connectivity index (χ3n) is 3.67. The van der Waals surface area contributed by atoms with E-state index in [9.17, 15) is 0 Å². The van der Waals surface area contributed by atoms with Crippen LogP contribution in [0.5, 0.6) is 0 Å². The summed E-state index contributed by atoms with van der Waals surface area (Å²) in [5.74, 6) is 0.732. The van der Waals surface area contributed by atoms with Crippen LogP contribution < -0.4 is 5.32 Å². The molecule has 0 aromatic heterocycles. The zero-order chi connectivity index (χ0) is 12.2. The lowest BCUT2D eigenvalue weighted by Crippen LogP contribution is -2.44. The van der Waals surface area contributed by atoms with Gasteiger partial charge in [-0.25, -0.2) is 0 Å². The maximum atomic E-state index is 3.68. The van der Waals surface area contributed by atoms with Crippen LogP contribution in [0.25, 0.3) is 0 Å². The molecule has 0 aliphatic carbocycles. The minimum atomic E-state index is 0.534. The van der Waals surface area contributed by atoms with Crippen LogP contribution in [0.1, 0.15) is 47.5 Å². The summed E-state index contributed by atoms with van der Waals surface area (Å²) in [5, 5.41) is 3.68. The molecule has 0 radical (unpaired) electrons. The monoisotopic (exact) mass is 226 g/mol. The topological polar surface area (TPSA) is 15.3 Å². The second-order valence-electron chi connectivity index (χ2n) is 6.45. The molecule has 1 unspecified atom stereocenters. The first-order chi connectivity index (χ1) is 7.44. The highest BCUT2D eigenvalue weighted by atomic mass is 15.2. The van der Waals surface area contributed by atoms with Gasteiger partial charge in [-0.15, -0.1) is 0 Å². The number of nitrogens with one attached hydrogen (secondary N) is 1. The zero-order valence-electron chi connectivity index (χ0n) is 11.8. The molecule has 1 atom stereocenters. The molecule has 1 heterocycles. The molecule has 16 heavy (non-hydrogen) atoms. The summed E-state index contributed by atoms with van der Waals surface area (Å²) in [6.45, 7) is 16.6. The molecule has 0 amide bonds. The van der Waals surface area contributed by atoms with E-state index in [4.69, 9.17) is 0 Å². The van der Waals surface area contributed by atoms with Crippen molar-refractivity contribution in [3.8, 4) is 0 Å². The van der Waals surface area contributed by atoms with Gasteiger partial charge in [0.25, 0.3) is 0 Å². The molecular weight excluding hydrogens is 196 g/mol. The van der Waals surface area contributed by atoms with Crippen LogP contribution in [0, 0.1) is 11.3 Å². The van der Waals surface area contributed by atoms with Gasteiger partial charge >= 0.3 is 0 Å². The largest absolute Gasteiger partial charge is 0.312 e. The zero-order valence-corrected chi connectivity index (χ0v) is 11.8. The van der Waals surface area contributed by atoms with Crippen LogP contribution in [0.3, 0.4) is 0 Å². The minimum absolute atomic E-state index is 0.534. The Labute approximate surface area is 102 Å². The Bertz CT molecular complexity index is 199. The molecule has 0 aromatic carbocycles. The lowest BCUT2D eigenvalue weighted by atomic mass is 9.93. The maximum absolute atomic E-state index is 3.68. The van der Waals surface area contributed by atoms with Crippen LogP contribution in [0.2, 0.25) is 0 Å². The minimum Gasteiger partial charge on any atom is -0.312 e.